The van der Waals surface area contributed by atoms with E-state index in [0.717, 1.165) is 16.8 Å². The average molecular weight is 352 g/mol. The first-order chi connectivity index (χ1) is 11.0. The minimum Gasteiger partial charge on any atom is -1.00 e. The SMILES string of the molecule is COc1ccc(/C=C/c2[nH+]c(C)c(O)c(CO)c2C)cc1OC.[Cl-]. The van der Waals surface area contributed by atoms with Gasteiger partial charge in [-0.1, -0.05) is 6.07 Å². The van der Waals surface area contributed by atoms with Crippen LogP contribution < -0.4 is 26.9 Å². The summed E-state index contributed by atoms with van der Waals surface area (Å²) in [6.07, 6.45) is 3.83. The van der Waals surface area contributed by atoms with Gasteiger partial charge in [0, 0.05) is 24.1 Å². The van der Waals surface area contributed by atoms with Crippen LogP contribution in [0.2, 0.25) is 0 Å². The molecule has 3 N–H and O–H groups in total. The molecule has 130 valence electrons. The van der Waals surface area contributed by atoms with E-state index in [4.69, 9.17) is 9.47 Å². The lowest BCUT2D eigenvalue weighted by Crippen LogP contribution is -3.00. The predicted octanol–water partition coefficient (Wildman–Crippen LogP) is -0.493. The summed E-state index contributed by atoms with van der Waals surface area (Å²) in [6, 6.07) is 5.65. The largest absolute Gasteiger partial charge is 1.00 e. The third-order valence-electron chi connectivity index (χ3n) is 3.83. The van der Waals surface area contributed by atoms with Crippen LogP contribution in [0.25, 0.3) is 12.2 Å². The number of nitrogens with one attached hydrogen (secondary N) is 1. The summed E-state index contributed by atoms with van der Waals surface area (Å²) in [5.74, 6) is 1.44. The molecule has 0 bridgehead atoms. The number of aliphatic hydroxyl groups is 1. The van der Waals surface area contributed by atoms with Gasteiger partial charge < -0.3 is 32.1 Å². The first-order valence-electron chi connectivity index (χ1n) is 7.27. The normalized spacial score (nSPS) is 10.5. The van der Waals surface area contributed by atoms with Crippen LogP contribution in [0.3, 0.4) is 0 Å². The van der Waals surface area contributed by atoms with Gasteiger partial charge in [0.25, 0.3) is 0 Å². The molecule has 0 unspecified atom stereocenters. The van der Waals surface area contributed by atoms with Crippen molar-refractivity contribution in [3.8, 4) is 17.2 Å². The molecule has 0 aliphatic carbocycles. The van der Waals surface area contributed by atoms with E-state index in [1.54, 1.807) is 21.1 Å². The number of H-pyrrole nitrogens is 1. The topological polar surface area (TPSA) is 73.1 Å². The van der Waals surface area contributed by atoms with Gasteiger partial charge in [-0.3, -0.25) is 0 Å². The van der Waals surface area contributed by atoms with Gasteiger partial charge in [0.1, 0.15) is 0 Å². The molecule has 0 aliphatic rings. The Kier molecular flexibility index (Phi) is 7.07. The highest BCUT2D eigenvalue weighted by atomic mass is 35.5. The van der Waals surface area contributed by atoms with Crippen LogP contribution in [-0.2, 0) is 6.61 Å². The van der Waals surface area contributed by atoms with Gasteiger partial charge in [-0.25, -0.2) is 4.98 Å². The van der Waals surface area contributed by atoms with E-state index < -0.39 is 0 Å². The van der Waals surface area contributed by atoms with Crippen LogP contribution >= 0.6 is 0 Å². The fourth-order valence-electron chi connectivity index (χ4n) is 2.42. The van der Waals surface area contributed by atoms with Crippen molar-refractivity contribution in [2.24, 2.45) is 0 Å². The first-order valence-corrected chi connectivity index (χ1v) is 7.27. The standard InChI is InChI=1S/C18H21NO4.ClH/c1-11-14(10-20)18(21)12(2)19-15(11)7-5-13-6-8-16(22-3)17(9-13)23-4;/h5-9,20-21H,10H2,1-4H3;1H/b7-5+;. The van der Waals surface area contributed by atoms with E-state index >= 15 is 0 Å². The van der Waals surface area contributed by atoms with Crippen molar-refractivity contribution >= 4 is 12.2 Å². The van der Waals surface area contributed by atoms with Crippen LogP contribution in [0.15, 0.2) is 18.2 Å². The minimum absolute atomic E-state index is 0. The molecule has 0 spiro atoms. The molecule has 5 nitrogen and oxygen atoms in total. The van der Waals surface area contributed by atoms with Crippen molar-refractivity contribution in [1.29, 1.82) is 0 Å². The Morgan fingerprint density at radius 1 is 1.08 bits per heavy atom. The molecule has 0 saturated carbocycles. The number of ether oxygens (including phenoxy) is 2. The van der Waals surface area contributed by atoms with E-state index in [1.165, 1.54) is 0 Å². The van der Waals surface area contributed by atoms with Gasteiger partial charge in [-0.2, -0.15) is 0 Å². The molecule has 0 aliphatic heterocycles. The number of benzene rings is 1. The van der Waals surface area contributed by atoms with Crippen molar-refractivity contribution in [2.75, 3.05) is 14.2 Å². The first kappa shape index (κ1) is 19.8. The third-order valence-corrected chi connectivity index (χ3v) is 3.83. The fraction of sp³-hybridized carbons (Fsp3) is 0.278. The molecule has 1 aromatic carbocycles. The molecule has 2 rings (SSSR count). The van der Waals surface area contributed by atoms with Gasteiger partial charge in [-0.15, -0.1) is 0 Å². The Balaban J connectivity index is 0.00000288. The third kappa shape index (κ3) is 3.99. The summed E-state index contributed by atoms with van der Waals surface area (Å²) in [6.45, 7) is 3.42. The Bertz CT molecular complexity index is 744. The summed E-state index contributed by atoms with van der Waals surface area (Å²) >= 11 is 0. The molecule has 0 fully saturated rings. The van der Waals surface area contributed by atoms with Crippen molar-refractivity contribution in [1.82, 2.24) is 0 Å². The molecule has 0 atom stereocenters. The molecular formula is C18H22ClNO4. The summed E-state index contributed by atoms with van der Waals surface area (Å²) < 4.78 is 10.5. The van der Waals surface area contributed by atoms with E-state index in [-0.39, 0.29) is 24.8 Å². The van der Waals surface area contributed by atoms with Crippen LogP contribution in [0, 0.1) is 13.8 Å². The van der Waals surface area contributed by atoms with E-state index in [0.29, 0.717) is 22.8 Å². The van der Waals surface area contributed by atoms with Gasteiger partial charge in [0.05, 0.1) is 20.8 Å². The van der Waals surface area contributed by atoms with Gasteiger partial charge >= 0.3 is 0 Å². The second-order valence-corrected chi connectivity index (χ2v) is 5.22. The highest BCUT2D eigenvalue weighted by Crippen LogP contribution is 2.29. The monoisotopic (exact) mass is 351 g/mol. The molecular weight excluding hydrogens is 330 g/mol. The number of pyridine rings is 1. The molecule has 6 heteroatoms. The molecule has 0 radical (unpaired) electrons. The lowest BCUT2D eigenvalue weighted by molar-refractivity contribution is -0.392. The minimum atomic E-state index is -0.204. The summed E-state index contributed by atoms with van der Waals surface area (Å²) in [5, 5.41) is 19.4. The van der Waals surface area contributed by atoms with Crippen molar-refractivity contribution in [3.05, 3.63) is 46.3 Å². The number of hydrogen-bond donors (Lipinski definition) is 2. The number of methoxy groups -OCH3 is 2. The molecule has 24 heavy (non-hydrogen) atoms. The smallest absolute Gasteiger partial charge is 0.219 e. The van der Waals surface area contributed by atoms with Crippen LogP contribution in [0.4, 0.5) is 0 Å². The second kappa shape index (κ2) is 8.57. The summed E-state index contributed by atoms with van der Waals surface area (Å²) in [4.78, 5) is 3.14. The predicted molar refractivity (Wildman–Crippen MR) is 88.5 cm³/mol. The van der Waals surface area contributed by atoms with E-state index in [1.807, 2.05) is 37.3 Å². The van der Waals surface area contributed by atoms with Crippen molar-refractivity contribution < 1.29 is 37.1 Å². The molecule has 1 aromatic heterocycles. The van der Waals surface area contributed by atoms with Crippen LogP contribution in [0.1, 0.15) is 28.1 Å². The molecule has 1 heterocycles. The highest BCUT2D eigenvalue weighted by molar-refractivity contribution is 5.70. The van der Waals surface area contributed by atoms with Crippen LogP contribution in [-0.4, -0.2) is 24.4 Å². The lowest BCUT2D eigenvalue weighted by Gasteiger charge is -2.08. The summed E-state index contributed by atoms with van der Waals surface area (Å²) in [5.41, 5.74) is 3.75. The quantitative estimate of drug-likeness (QED) is 0.762. The van der Waals surface area contributed by atoms with Gasteiger partial charge in [-0.05, 0) is 30.7 Å². The second-order valence-electron chi connectivity index (χ2n) is 5.22. The maximum Gasteiger partial charge on any atom is 0.219 e. The van der Waals surface area contributed by atoms with Gasteiger partial charge in [0.2, 0.25) is 11.4 Å². The number of aryl methyl sites for hydroxylation is 1. The maximum absolute atomic E-state index is 9.97. The average Bonchev–Trinajstić information content (AvgIpc) is 2.57. The number of rotatable bonds is 5. The molecule has 2 aromatic rings. The molecule has 0 amide bonds. The van der Waals surface area contributed by atoms with Crippen molar-refractivity contribution in [3.63, 3.8) is 0 Å². The number of hydrogen-bond acceptors (Lipinski definition) is 4. The number of halogens is 1. The number of aromatic nitrogens is 1. The van der Waals surface area contributed by atoms with E-state index in [9.17, 15) is 10.2 Å². The highest BCUT2D eigenvalue weighted by Gasteiger charge is 2.17. The van der Waals surface area contributed by atoms with Crippen LogP contribution in [0.5, 0.6) is 17.2 Å². The molecule has 0 saturated heterocycles. The lowest BCUT2D eigenvalue weighted by atomic mass is 10.0. The zero-order chi connectivity index (χ0) is 17.0. The van der Waals surface area contributed by atoms with Gasteiger partial charge in [0.15, 0.2) is 17.2 Å². The maximum atomic E-state index is 9.97. The van der Waals surface area contributed by atoms with E-state index in [2.05, 4.69) is 4.98 Å². The Labute approximate surface area is 148 Å². The number of aromatic hydroxyl groups is 1. The zero-order valence-corrected chi connectivity index (χ0v) is 14.9. The summed E-state index contributed by atoms with van der Waals surface area (Å²) in [7, 11) is 3.20. The Morgan fingerprint density at radius 2 is 1.75 bits per heavy atom. The fourth-order valence-corrected chi connectivity index (χ4v) is 2.42. The number of aliphatic hydroxyl groups excluding tert-OH is 1. The van der Waals surface area contributed by atoms with Crippen molar-refractivity contribution in [2.45, 2.75) is 20.5 Å². The number of aromatic amines is 1. The zero-order valence-electron chi connectivity index (χ0n) is 14.2. The Hall–Kier alpha value is -2.24. The Morgan fingerprint density at radius 3 is 2.33 bits per heavy atom.